The number of aliphatic hydroxyl groups excluding tert-OH is 1. The van der Waals surface area contributed by atoms with E-state index in [4.69, 9.17) is 4.74 Å². The van der Waals surface area contributed by atoms with Crippen molar-refractivity contribution in [3.63, 3.8) is 0 Å². The number of hydrogen-bond acceptors (Lipinski definition) is 3. The van der Waals surface area contributed by atoms with Gasteiger partial charge in [-0.05, 0) is 18.8 Å². The van der Waals surface area contributed by atoms with Gasteiger partial charge in [0, 0.05) is 19.2 Å². The highest BCUT2D eigenvalue weighted by molar-refractivity contribution is 4.70. The average Bonchev–Trinajstić information content (AvgIpc) is 2.25. The van der Waals surface area contributed by atoms with Crippen LogP contribution in [0.15, 0.2) is 0 Å². The molecule has 0 fully saturated rings. The van der Waals surface area contributed by atoms with E-state index in [1.165, 1.54) is 0 Å². The lowest BCUT2D eigenvalue weighted by Gasteiger charge is -2.22. The highest BCUT2D eigenvalue weighted by atomic mass is 16.5. The van der Waals surface area contributed by atoms with E-state index < -0.39 is 0 Å². The Bertz CT molecular complexity index is 151. The Hall–Kier alpha value is -0.120. The van der Waals surface area contributed by atoms with Gasteiger partial charge in [0.1, 0.15) is 0 Å². The molecule has 0 radical (unpaired) electrons. The van der Waals surface area contributed by atoms with Gasteiger partial charge in [-0.15, -0.1) is 0 Å². The smallest absolute Gasteiger partial charge is 0.0897 e. The maximum Gasteiger partial charge on any atom is 0.0897 e. The fraction of sp³-hybridized carbons (Fsp3) is 1.00. The molecule has 98 valence electrons. The molecule has 3 heteroatoms. The Morgan fingerprint density at radius 3 is 2.44 bits per heavy atom. The topological polar surface area (TPSA) is 41.5 Å². The zero-order valence-electron chi connectivity index (χ0n) is 11.3. The molecule has 2 atom stereocenters. The highest BCUT2D eigenvalue weighted by Crippen LogP contribution is 2.05. The minimum Gasteiger partial charge on any atom is -0.389 e. The van der Waals surface area contributed by atoms with E-state index in [0.29, 0.717) is 25.1 Å². The average molecular weight is 231 g/mol. The second kappa shape index (κ2) is 10.1. The lowest BCUT2D eigenvalue weighted by Crippen LogP contribution is -2.39. The van der Waals surface area contributed by atoms with Crippen LogP contribution < -0.4 is 5.32 Å². The molecule has 0 aliphatic heterocycles. The maximum absolute atomic E-state index is 9.69. The summed E-state index contributed by atoms with van der Waals surface area (Å²) in [5.74, 6) is 0.609. The summed E-state index contributed by atoms with van der Waals surface area (Å²) in [7, 11) is 0. The molecule has 0 aromatic carbocycles. The van der Waals surface area contributed by atoms with Crippen molar-refractivity contribution in [3.8, 4) is 0 Å². The number of rotatable bonds is 10. The number of nitrogens with one attached hydrogen (secondary N) is 1. The van der Waals surface area contributed by atoms with Gasteiger partial charge in [0.05, 0.1) is 12.7 Å². The highest BCUT2D eigenvalue weighted by Gasteiger charge is 2.12. The Labute approximate surface area is 101 Å². The van der Waals surface area contributed by atoms with Crippen molar-refractivity contribution in [3.05, 3.63) is 0 Å². The first-order valence-corrected chi connectivity index (χ1v) is 6.60. The summed E-state index contributed by atoms with van der Waals surface area (Å²) < 4.78 is 5.37. The van der Waals surface area contributed by atoms with E-state index in [2.05, 4.69) is 33.0 Å². The first kappa shape index (κ1) is 15.9. The molecule has 0 spiro atoms. The number of ether oxygens (including phenoxy) is 1. The minimum absolute atomic E-state index is 0.385. The van der Waals surface area contributed by atoms with Crippen molar-refractivity contribution in [1.82, 2.24) is 5.32 Å². The molecule has 0 aliphatic rings. The van der Waals surface area contributed by atoms with Gasteiger partial charge in [-0.1, -0.05) is 34.1 Å². The van der Waals surface area contributed by atoms with Crippen LogP contribution in [0.1, 0.15) is 47.0 Å². The summed E-state index contributed by atoms with van der Waals surface area (Å²) in [6, 6.07) is 0.491. The summed E-state index contributed by atoms with van der Waals surface area (Å²) >= 11 is 0. The van der Waals surface area contributed by atoms with Gasteiger partial charge in [0.15, 0.2) is 0 Å². The zero-order chi connectivity index (χ0) is 12.4. The van der Waals surface area contributed by atoms with Crippen molar-refractivity contribution in [2.24, 2.45) is 5.92 Å². The van der Waals surface area contributed by atoms with Gasteiger partial charge in [0.25, 0.3) is 0 Å². The van der Waals surface area contributed by atoms with Crippen LogP contribution in [0.25, 0.3) is 0 Å². The largest absolute Gasteiger partial charge is 0.389 e. The van der Waals surface area contributed by atoms with Crippen molar-refractivity contribution in [1.29, 1.82) is 0 Å². The van der Waals surface area contributed by atoms with Crippen LogP contribution in [0.4, 0.5) is 0 Å². The maximum atomic E-state index is 9.69. The van der Waals surface area contributed by atoms with E-state index in [-0.39, 0.29) is 6.10 Å². The number of hydrogen-bond donors (Lipinski definition) is 2. The Kier molecular flexibility index (Phi) is 9.99. The standard InChI is InChI=1S/C13H29NO2/c1-5-7-8-16-10-12(15)9-14-13(6-2)11(3)4/h11-15H,5-10H2,1-4H3. The summed E-state index contributed by atoms with van der Waals surface area (Å²) in [6.07, 6.45) is 2.93. The third-order valence-corrected chi connectivity index (χ3v) is 2.81. The molecule has 0 saturated carbocycles. The van der Waals surface area contributed by atoms with Crippen LogP contribution in [0.5, 0.6) is 0 Å². The second-order valence-corrected chi connectivity index (χ2v) is 4.75. The molecule has 0 rings (SSSR count). The summed E-state index contributed by atoms with van der Waals surface area (Å²) in [4.78, 5) is 0. The predicted molar refractivity (Wildman–Crippen MR) is 68.7 cm³/mol. The molecular weight excluding hydrogens is 202 g/mol. The van der Waals surface area contributed by atoms with Crippen LogP contribution in [0, 0.1) is 5.92 Å². The summed E-state index contributed by atoms with van der Waals surface area (Å²) in [5, 5.41) is 13.1. The normalized spacial score (nSPS) is 15.4. The Balaban J connectivity index is 3.51. The minimum atomic E-state index is -0.385. The molecule has 2 unspecified atom stereocenters. The van der Waals surface area contributed by atoms with Crippen molar-refractivity contribution >= 4 is 0 Å². The fourth-order valence-electron chi connectivity index (χ4n) is 1.66. The van der Waals surface area contributed by atoms with Crippen LogP contribution in [-0.4, -0.2) is 37.0 Å². The molecule has 0 saturated heterocycles. The molecule has 0 aliphatic carbocycles. The lowest BCUT2D eigenvalue weighted by molar-refractivity contribution is 0.0337. The Morgan fingerprint density at radius 1 is 1.25 bits per heavy atom. The molecule has 0 heterocycles. The molecular formula is C13H29NO2. The van der Waals surface area contributed by atoms with Crippen molar-refractivity contribution in [2.45, 2.75) is 59.1 Å². The third kappa shape index (κ3) is 8.08. The fourth-order valence-corrected chi connectivity index (χ4v) is 1.66. The van der Waals surface area contributed by atoms with Crippen LogP contribution in [0.2, 0.25) is 0 Å². The first-order valence-electron chi connectivity index (χ1n) is 6.60. The molecule has 3 nitrogen and oxygen atoms in total. The van der Waals surface area contributed by atoms with E-state index in [1.54, 1.807) is 0 Å². The van der Waals surface area contributed by atoms with Gasteiger partial charge < -0.3 is 15.2 Å². The van der Waals surface area contributed by atoms with E-state index in [1.807, 2.05) is 0 Å². The lowest BCUT2D eigenvalue weighted by atomic mass is 10.0. The van der Waals surface area contributed by atoms with Gasteiger partial charge in [-0.25, -0.2) is 0 Å². The zero-order valence-corrected chi connectivity index (χ0v) is 11.3. The molecule has 0 bridgehead atoms. The molecule has 0 amide bonds. The summed E-state index contributed by atoms with van der Waals surface area (Å²) in [6.45, 7) is 10.5. The van der Waals surface area contributed by atoms with Gasteiger partial charge >= 0.3 is 0 Å². The quantitative estimate of drug-likeness (QED) is 0.566. The van der Waals surface area contributed by atoms with Gasteiger partial charge in [-0.2, -0.15) is 0 Å². The second-order valence-electron chi connectivity index (χ2n) is 4.75. The molecule has 2 N–H and O–H groups in total. The predicted octanol–water partition coefficient (Wildman–Crippen LogP) is 2.19. The van der Waals surface area contributed by atoms with Gasteiger partial charge in [0.2, 0.25) is 0 Å². The monoisotopic (exact) mass is 231 g/mol. The SMILES string of the molecule is CCCCOCC(O)CNC(CC)C(C)C. The van der Waals surface area contributed by atoms with Crippen molar-refractivity contribution in [2.75, 3.05) is 19.8 Å². The van der Waals surface area contributed by atoms with Crippen LogP contribution in [0.3, 0.4) is 0 Å². The van der Waals surface area contributed by atoms with Crippen molar-refractivity contribution < 1.29 is 9.84 Å². The van der Waals surface area contributed by atoms with E-state index in [0.717, 1.165) is 25.9 Å². The molecule has 16 heavy (non-hydrogen) atoms. The van der Waals surface area contributed by atoms with Crippen LogP contribution in [-0.2, 0) is 4.74 Å². The number of aliphatic hydroxyl groups is 1. The summed E-state index contributed by atoms with van der Waals surface area (Å²) in [5.41, 5.74) is 0. The van der Waals surface area contributed by atoms with E-state index >= 15 is 0 Å². The van der Waals surface area contributed by atoms with E-state index in [9.17, 15) is 5.11 Å². The third-order valence-electron chi connectivity index (χ3n) is 2.81. The van der Waals surface area contributed by atoms with Gasteiger partial charge in [-0.3, -0.25) is 0 Å². The molecule has 0 aromatic rings. The first-order chi connectivity index (χ1) is 7.61. The van der Waals surface area contributed by atoms with Crippen LogP contribution >= 0.6 is 0 Å². The number of unbranched alkanes of at least 4 members (excludes halogenated alkanes) is 1. The Morgan fingerprint density at radius 2 is 1.94 bits per heavy atom. The molecule has 0 aromatic heterocycles.